The van der Waals surface area contributed by atoms with Gasteiger partial charge in [0.15, 0.2) is 0 Å². The summed E-state index contributed by atoms with van der Waals surface area (Å²) in [4.78, 5) is 8.39. The van der Waals surface area contributed by atoms with Crippen molar-refractivity contribution >= 4 is 11.6 Å². The molecule has 1 N–H and O–H groups in total. The molecule has 0 saturated carbocycles. The monoisotopic (exact) mass is 574 g/mol. The molecule has 0 aliphatic rings. The molecule has 2 aromatic carbocycles. The fraction of sp³-hybridized carbons (Fsp3) is 0.312. The number of aryl methyl sites for hydroxylation is 2. The first-order chi connectivity index (χ1) is 19.2. The number of benzene rings is 2. The summed E-state index contributed by atoms with van der Waals surface area (Å²) in [7, 11) is 3.32. The summed E-state index contributed by atoms with van der Waals surface area (Å²) in [5, 5.41) is 8.50. The van der Waals surface area contributed by atoms with Crippen molar-refractivity contribution in [3.63, 3.8) is 0 Å². The van der Waals surface area contributed by atoms with E-state index in [1.807, 2.05) is 91.1 Å². The summed E-state index contributed by atoms with van der Waals surface area (Å²) in [6.45, 7) is 1.64. The van der Waals surface area contributed by atoms with Crippen LogP contribution in [0.4, 0.5) is 0 Å². The van der Waals surface area contributed by atoms with Crippen molar-refractivity contribution in [2.24, 2.45) is 0 Å². The van der Waals surface area contributed by atoms with Crippen LogP contribution in [0.3, 0.4) is 0 Å². The standard InChI is InChI=1S/C16H19NO2.C8H9ClO.C8H11NO.Na.H/c1-18-16-9-7-14(8-10-16)13-19-12-4-6-15-5-2-3-11-17-15;1-10-8-4-2-7(6-9)3-5-8;10-7-3-5-8-4-1-2-6-9-8;;/h2-3,5,7-11H,4,6,12-13H2,1H3;2-5H,6H2,1H3;1-2,4,6,10H,3,5,7H2;;/q;;;+1;-1. The first-order valence-electron chi connectivity index (χ1n) is 13.0. The Labute approximate surface area is 267 Å². The van der Waals surface area contributed by atoms with Gasteiger partial charge >= 0.3 is 29.6 Å². The number of pyridine rings is 2. The molecule has 8 heteroatoms. The van der Waals surface area contributed by atoms with Gasteiger partial charge in [0.05, 0.1) is 20.8 Å². The molecular formula is C32H40ClN2NaO4. The molecule has 0 fully saturated rings. The van der Waals surface area contributed by atoms with Crippen molar-refractivity contribution in [3.05, 3.63) is 120 Å². The second-order valence-corrected chi connectivity index (χ2v) is 8.72. The topological polar surface area (TPSA) is 73.7 Å². The molecule has 0 amide bonds. The molecule has 0 spiro atoms. The zero-order valence-corrected chi connectivity index (χ0v) is 26.6. The Kier molecular flexibility index (Phi) is 20.7. The van der Waals surface area contributed by atoms with Gasteiger partial charge in [0.2, 0.25) is 0 Å². The van der Waals surface area contributed by atoms with E-state index in [2.05, 4.69) is 9.97 Å². The molecule has 40 heavy (non-hydrogen) atoms. The Hall–Kier alpha value is -2.45. The molecule has 0 atom stereocenters. The number of aromatic nitrogens is 2. The average Bonchev–Trinajstić information content (AvgIpc) is 3.02. The number of hydrogen-bond donors (Lipinski definition) is 1. The molecule has 0 aliphatic carbocycles. The number of alkyl halides is 1. The molecule has 2 heterocycles. The van der Waals surface area contributed by atoms with Crippen LogP contribution >= 0.6 is 11.6 Å². The van der Waals surface area contributed by atoms with Gasteiger partial charge in [0.25, 0.3) is 0 Å². The third-order valence-electron chi connectivity index (χ3n) is 5.51. The summed E-state index contributed by atoms with van der Waals surface area (Å²) >= 11 is 5.58. The number of aliphatic hydroxyl groups excluding tert-OH is 1. The van der Waals surface area contributed by atoms with Crippen LogP contribution in [-0.2, 0) is 30.1 Å². The van der Waals surface area contributed by atoms with Gasteiger partial charge in [-0.3, -0.25) is 9.97 Å². The summed E-state index contributed by atoms with van der Waals surface area (Å²) in [5.41, 5.74) is 4.45. The number of rotatable bonds is 12. The van der Waals surface area contributed by atoms with Gasteiger partial charge in [0, 0.05) is 42.9 Å². The third kappa shape index (κ3) is 16.0. The third-order valence-corrected chi connectivity index (χ3v) is 5.81. The van der Waals surface area contributed by atoms with Crippen LogP contribution in [0.2, 0.25) is 0 Å². The molecule has 4 aromatic rings. The van der Waals surface area contributed by atoms with E-state index < -0.39 is 0 Å². The number of nitrogens with zero attached hydrogens (tertiary/aromatic N) is 2. The molecule has 210 valence electrons. The molecule has 0 bridgehead atoms. The van der Waals surface area contributed by atoms with Gasteiger partial charge in [-0.2, -0.15) is 0 Å². The minimum Gasteiger partial charge on any atom is -1.00 e. The summed E-state index contributed by atoms with van der Waals surface area (Å²) in [5.74, 6) is 2.30. The molecule has 0 aliphatic heterocycles. The van der Waals surface area contributed by atoms with E-state index in [1.165, 1.54) is 5.56 Å². The van der Waals surface area contributed by atoms with E-state index in [1.54, 1.807) is 20.4 Å². The normalized spacial score (nSPS) is 9.70. The maximum Gasteiger partial charge on any atom is 1.00 e. The van der Waals surface area contributed by atoms with E-state index in [0.29, 0.717) is 12.5 Å². The predicted octanol–water partition coefficient (Wildman–Crippen LogP) is 3.80. The van der Waals surface area contributed by atoms with Gasteiger partial charge < -0.3 is 20.7 Å². The number of aliphatic hydroxyl groups is 1. The first kappa shape index (κ1) is 35.6. The fourth-order valence-corrected chi connectivity index (χ4v) is 3.51. The van der Waals surface area contributed by atoms with Crippen LogP contribution < -0.4 is 39.0 Å². The maximum absolute atomic E-state index is 8.50. The van der Waals surface area contributed by atoms with E-state index in [-0.39, 0.29) is 37.6 Å². The molecule has 0 radical (unpaired) electrons. The van der Waals surface area contributed by atoms with Crippen LogP contribution in [0.15, 0.2) is 97.3 Å². The van der Waals surface area contributed by atoms with Gasteiger partial charge in [-0.1, -0.05) is 36.4 Å². The summed E-state index contributed by atoms with van der Waals surface area (Å²) < 4.78 is 15.7. The Morgan fingerprint density at radius 2 is 1.20 bits per heavy atom. The predicted molar refractivity (Wildman–Crippen MR) is 159 cm³/mol. The van der Waals surface area contributed by atoms with E-state index >= 15 is 0 Å². The minimum absolute atomic E-state index is 0. The van der Waals surface area contributed by atoms with Crippen molar-refractivity contribution in [1.29, 1.82) is 0 Å². The molecule has 0 saturated heterocycles. The zero-order chi connectivity index (χ0) is 28.0. The van der Waals surface area contributed by atoms with E-state index in [4.69, 9.17) is 30.9 Å². The van der Waals surface area contributed by atoms with Crippen molar-refractivity contribution in [2.75, 3.05) is 27.4 Å². The van der Waals surface area contributed by atoms with Crippen molar-refractivity contribution in [3.8, 4) is 11.5 Å². The van der Waals surface area contributed by atoms with Gasteiger partial charge in [-0.15, -0.1) is 11.6 Å². The van der Waals surface area contributed by atoms with Gasteiger partial charge in [-0.25, -0.2) is 0 Å². The first-order valence-corrected chi connectivity index (χ1v) is 13.5. The average molecular weight is 575 g/mol. The number of methoxy groups -OCH3 is 2. The minimum atomic E-state index is 0. The Morgan fingerprint density at radius 3 is 1.62 bits per heavy atom. The van der Waals surface area contributed by atoms with E-state index in [0.717, 1.165) is 60.7 Å². The summed E-state index contributed by atoms with van der Waals surface area (Å²) in [6, 6.07) is 27.5. The smallest absolute Gasteiger partial charge is 1.00 e. The van der Waals surface area contributed by atoms with Crippen molar-refractivity contribution in [2.45, 2.75) is 38.2 Å². The second kappa shape index (κ2) is 23.3. The van der Waals surface area contributed by atoms with E-state index in [9.17, 15) is 0 Å². The number of halogens is 1. The van der Waals surface area contributed by atoms with Gasteiger partial charge in [0.1, 0.15) is 11.5 Å². The number of hydrogen-bond acceptors (Lipinski definition) is 6. The van der Waals surface area contributed by atoms with Crippen LogP contribution in [0.5, 0.6) is 11.5 Å². The molecule has 2 aromatic heterocycles. The fourth-order valence-electron chi connectivity index (χ4n) is 3.33. The van der Waals surface area contributed by atoms with Crippen molar-refractivity contribution in [1.82, 2.24) is 9.97 Å². The van der Waals surface area contributed by atoms with Gasteiger partial charge in [-0.05, 0) is 85.3 Å². The van der Waals surface area contributed by atoms with Crippen molar-refractivity contribution < 1.29 is 50.3 Å². The molecule has 4 rings (SSSR count). The Balaban J connectivity index is 0.000000622. The van der Waals surface area contributed by atoms with Crippen LogP contribution in [0.25, 0.3) is 0 Å². The summed E-state index contributed by atoms with van der Waals surface area (Å²) in [6.07, 6.45) is 7.23. The van der Waals surface area contributed by atoms with Crippen LogP contribution in [0, 0.1) is 0 Å². The zero-order valence-electron chi connectivity index (χ0n) is 24.8. The van der Waals surface area contributed by atoms with Crippen LogP contribution in [-0.4, -0.2) is 42.5 Å². The van der Waals surface area contributed by atoms with Crippen LogP contribution in [0.1, 0.15) is 36.8 Å². The quantitative estimate of drug-likeness (QED) is 0.158. The molecular weight excluding hydrogens is 535 g/mol. The largest absolute Gasteiger partial charge is 1.00 e. The molecule has 6 nitrogen and oxygen atoms in total. The SMILES string of the molecule is COc1ccc(CCl)cc1.COc1ccc(COCCCc2ccccn2)cc1.OCCCc1ccccn1.[H-].[Na+]. The Bertz CT molecular complexity index is 1100. The maximum atomic E-state index is 8.50. The molecule has 0 unspecified atom stereocenters. The Morgan fingerprint density at radius 1 is 0.700 bits per heavy atom. The second-order valence-electron chi connectivity index (χ2n) is 8.46. The number of ether oxygens (including phenoxy) is 3.